The van der Waals surface area contributed by atoms with Crippen molar-refractivity contribution in [3.05, 3.63) is 35.4 Å². The highest BCUT2D eigenvalue weighted by atomic mass is 16.5. The zero-order chi connectivity index (χ0) is 18.7. The molecule has 2 aliphatic rings. The van der Waals surface area contributed by atoms with Gasteiger partial charge in [0.1, 0.15) is 0 Å². The zero-order valence-corrected chi connectivity index (χ0v) is 17.5. The van der Waals surface area contributed by atoms with Crippen LogP contribution < -0.4 is 0 Å². The summed E-state index contributed by atoms with van der Waals surface area (Å²) in [5, 5.41) is 0. The van der Waals surface area contributed by atoms with E-state index in [4.69, 9.17) is 4.74 Å². The zero-order valence-electron chi connectivity index (χ0n) is 17.5. The molecule has 3 rings (SSSR count). The Balaban J connectivity index is 1.82. The smallest absolute Gasteiger partial charge is 0.0483 e. The molecule has 2 fully saturated rings. The first-order chi connectivity index (χ1) is 12.4. The second-order valence-corrected chi connectivity index (χ2v) is 9.48. The summed E-state index contributed by atoms with van der Waals surface area (Å²) in [4.78, 5) is 5.45. The molecular weight excluding hydrogens is 320 g/mol. The third-order valence-electron chi connectivity index (χ3n) is 6.16. The summed E-state index contributed by atoms with van der Waals surface area (Å²) >= 11 is 0. The minimum Gasteiger partial charge on any atom is -0.381 e. The lowest BCUT2D eigenvalue weighted by atomic mass is 9.88. The van der Waals surface area contributed by atoms with Crippen molar-refractivity contribution in [2.75, 3.05) is 39.4 Å². The Morgan fingerprint density at radius 2 is 1.77 bits per heavy atom. The average molecular weight is 359 g/mol. The van der Waals surface area contributed by atoms with Crippen LogP contribution in [0.2, 0.25) is 0 Å². The van der Waals surface area contributed by atoms with Crippen molar-refractivity contribution in [2.24, 2.45) is 5.92 Å². The lowest BCUT2D eigenvalue weighted by Crippen LogP contribution is -2.56. The molecule has 3 nitrogen and oxygen atoms in total. The summed E-state index contributed by atoms with van der Waals surface area (Å²) in [7, 11) is 0. The largest absolute Gasteiger partial charge is 0.381 e. The van der Waals surface area contributed by atoms with Gasteiger partial charge in [0.2, 0.25) is 0 Å². The van der Waals surface area contributed by atoms with E-state index in [1.54, 1.807) is 0 Å². The predicted octanol–water partition coefficient (Wildman–Crippen LogP) is 4.69. The number of benzene rings is 1. The van der Waals surface area contributed by atoms with E-state index in [0.717, 1.165) is 32.2 Å². The van der Waals surface area contributed by atoms with Crippen LogP contribution in [0.15, 0.2) is 24.3 Å². The second kappa shape index (κ2) is 8.41. The van der Waals surface area contributed by atoms with Crippen LogP contribution in [0.3, 0.4) is 0 Å². The molecule has 146 valence electrons. The van der Waals surface area contributed by atoms with Crippen molar-refractivity contribution < 1.29 is 4.74 Å². The Kier molecular flexibility index (Phi) is 6.42. The molecule has 0 amide bonds. The number of piperazine rings is 1. The fourth-order valence-electron chi connectivity index (χ4n) is 4.71. The monoisotopic (exact) mass is 358 g/mol. The van der Waals surface area contributed by atoms with Gasteiger partial charge in [0.15, 0.2) is 0 Å². The molecule has 0 bridgehead atoms. The maximum Gasteiger partial charge on any atom is 0.0483 e. The van der Waals surface area contributed by atoms with Gasteiger partial charge in [-0.25, -0.2) is 0 Å². The Morgan fingerprint density at radius 3 is 2.42 bits per heavy atom. The molecule has 0 radical (unpaired) electrons. The van der Waals surface area contributed by atoms with Gasteiger partial charge in [-0.15, -0.1) is 0 Å². The summed E-state index contributed by atoms with van der Waals surface area (Å²) in [6.07, 6.45) is 2.46. The molecule has 1 aromatic rings. The maximum atomic E-state index is 5.56. The average Bonchev–Trinajstić information content (AvgIpc) is 2.61. The third kappa shape index (κ3) is 4.68. The highest BCUT2D eigenvalue weighted by Gasteiger charge is 2.36. The molecule has 0 spiro atoms. The highest BCUT2D eigenvalue weighted by Crippen LogP contribution is 2.36. The van der Waals surface area contributed by atoms with Crippen LogP contribution in [0.25, 0.3) is 0 Å². The molecule has 1 unspecified atom stereocenters. The topological polar surface area (TPSA) is 15.7 Å². The molecule has 2 saturated heterocycles. The van der Waals surface area contributed by atoms with Crippen LogP contribution in [0.5, 0.6) is 0 Å². The van der Waals surface area contributed by atoms with Crippen LogP contribution in [0.1, 0.15) is 70.5 Å². The molecule has 0 aromatic heterocycles. The highest BCUT2D eigenvalue weighted by molar-refractivity contribution is 5.33. The van der Waals surface area contributed by atoms with Gasteiger partial charge in [-0.05, 0) is 56.6 Å². The van der Waals surface area contributed by atoms with Gasteiger partial charge in [-0.3, -0.25) is 9.80 Å². The third-order valence-corrected chi connectivity index (χ3v) is 6.16. The molecule has 1 aromatic carbocycles. The van der Waals surface area contributed by atoms with Crippen molar-refractivity contribution in [1.82, 2.24) is 9.80 Å². The van der Waals surface area contributed by atoms with Crippen LogP contribution in [0.4, 0.5) is 0 Å². The Labute approximate surface area is 160 Å². The molecular formula is C23H38N2O. The number of hydrogen-bond donors (Lipinski definition) is 0. The number of rotatable bonds is 4. The SMILES string of the molecule is CC(C)c1ccccc1C1CN(CC2CCOCC2)CCN1C(C)(C)C. The Bertz CT molecular complexity index is 572. The minimum absolute atomic E-state index is 0.194. The fourth-order valence-corrected chi connectivity index (χ4v) is 4.71. The van der Waals surface area contributed by atoms with Crippen LogP contribution in [0, 0.1) is 5.92 Å². The summed E-state index contributed by atoms with van der Waals surface area (Å²) in [6.45, 7) is 18.4. The van der Waals surface area contributed by atoms with Gasteiger partial charge in [-0.2, -0.15) is 0 Å². The summed E-state index contributed by atoms with van der Waals surface area (Å²) in [5.74, 6) is 1.38. The van der Waals surface area contributed by atoms with Gasteiger partial charge in [-0.1, -0.05) is 38.1 Å². The van der Waals surface area contributed by atoms with E-state index in [1.165, 1.54) is 37.1 Å². The Morgan fingerprint density at radius 1 is 1.08 bits per heavy atom. The normalized spacial score (nSPS) is 24.3. The summed E-state index contributed by atoms with van der Waals surface area (Å²) in [5.41, 5.74) is 3.24. The van der Waals surface area contributed by atoms with E-state index in [9.17, 15) is 0 Å². The first-order valence-electron chi connectivity index (χ1n) is 10.5. The Hall–Kier alpha value is -0.900. The van der Waals surface area contributed by atoms with Crippen LogP contribution in [-0.4, -0.2) is 54.7 Å². The van der Waals surface area contributed by atoms with E-state index in [2.05, 4.69) is 68.7 Å². The molecule has 2 aliphatic heterocycles. The lowest BCUT2D eigenvalue weighted by molar-refractivity contribution is -0.00770. The predicted molar refractivity (Wildman–Crippen MR) is 110 cm³/mol. The van der Waals surface area contributed by atoms with Gasteiger partial charge < -0.3 is 4.74 Å². The van der Waals surface area contributed by atoms with E-state index >= 15 is 0 Å². The number of ether oxygens (including phenoxy) is 1. The van der Waals surface area contributed by atoms with Gasteiger partial charge in [0.25, 0.3) is 0 Å². The van der Waals surface area contributed by atoms with Crippen molar-refractivity contribution in [1.29, 1.82) is 0 Å². The standard InChI is InChI=1S/C23H38N2O/c1-18(2)20-8-6-7-9-21(20)22-17-24(12-13-25(22)23(3,4)5)16-19-10-14-26-15-11-19/h6-9,18-19,22H,10-17H2,1-5H3. The molecule has 0 aliphatic carbocycles. The number of nitrogens with zero attached hydrogens (tertiary/aromatic N) is 2. The van der Waals surface area contributed by atoms with E-state index < -0.39 is 0 Å². The van der Waals surface area contributed by atoms with Crippen LogP contribution >= 0.6 is 0 Å². The van der Waals surface area contributed by atoms with E-state index in [1.807, 2.05) is 0 Å². The molecule has 3 heteroatoms. The van der Waals surface area contributed by atoms with Crippen molar-refractivity contribution in [3.63, 3.8) is 0 Å². The summed E-state index contributed by atoms with van der Waals surface area (Å²) < 4.78 is 5.56. The first kappa shape index (κ1) is 19.9. The lowest BCUT2D eigenvalue weighted by Gasteiger charge is -2.49. The van der Waals surface area contributed by atoms with E-state index in [0.29, 0.717) is 12.0 Å². The molecule has 0 N–H and O–H groups in total. The second-order valence-electron chi connectivity index (χ2n) is 9.48. The van der Waals surface area contributed by atoms with Gasteiger partial charge in [0, 0.05) is 51.0 Å². The summed E-state index contributed by atoms with van der Waals surface area (Å²) in [6, 6.07) is 9.61. The van der Waals surface area contributed by atoms with E-state index in [-0.39, 0.29) is 5.54 Å². The fraction of sp³-hybridized carbons (Fsp3) is 0.739. The van der Waals surface area contributed by atoms with Crippen molar-refractivity contribution in [2.45, 2.75) is 65.0 Å². The molecule has 2 heterocycles. The first-order valence-corrected chi connectivity index (χ1v) is 10.5. The van der Waals surface area contributed by atoms with Crippen LogP contribution in [-0.2, 0) is 4.74 Å². The van der Waals surface area contributed by atoms with Gasteiger partial charge in [0.05, 0.1) is 0 Å². The van der Waals surface area contributed by atoms with Gasteiger partial charge >= 0.3 is 0 Å². The van der Waals surface area contributed by atoms with Crippen molar-refractivity contribution in [3.8, 4) is 0 Å². The molecule has 26 heavy (non-hydrogen) atoms. The number of hydrogen-bond acceptors (Lipinski definition) is 3. The maximum absolute atomic E-state index is 5.56. The quantitative estimate of drug-likeness (QED) is 0.776. The molecule has 1 atom stereocenters. The van der Waals surface area contributed by atoms with Crippen molar-refractivity contribution >= 4 is 0 Å². The minimum atomic E-state index is 0.194. The molecule has 0 saturated carbocycles.